The van der Waals surface area contributed by atoms with Crippen molar-refractivity contribution in [2.75, 3.05) is 10.6 Å². The molecule has 0 saturated heterocycles. The van der Waals surface area contributed by atoms with Gasteiger partial charge in [-0.25, -0.2) is 4.79 Å². The highest BCUT2D eigenvalue weighted by Crippen LogP contribution is 2.33. The minimum Gasteiger partial charge on any atom is -0.308 e. The van der Waals surface area contributed by atoms with Gasteiger partial charge in [-0.05, 0) is 37.3 Å². The van der Waals surface area contributed by atoms with Crippen molar-refractivity contribution >= 4 is 27.5 Å². The quantitative estimate of drug-likeness (QED) is 0.577. The minimum atomic E-state index is -4.42. The molecule has 138 valence electrons. The van der Waals surface area contributed by atoms with Crippen molar-refractivity contribution in [1.82, 2.24) is 0 Å². The van der Waals surface area contributed by atoms with E-state index in [-0.39, 0.29) is 4.90 Å². The minimum absolute atomic E-state index is 0.217. The van der Waals surface area contributed by atoms with Gasteiger partial charge in [-0.1, -0.05) is 48.0 Å². The average molecular weight is 382 g/mol. The average Bonchev–Trinajstić information content (AvgIpc) is 2.62. The van der Waals surface area contributed by atoms with Crippen LogP contribution in [0.3, 0.4) is 0 Å². The number of carbonyl (C=O) groups excluding carboxylic acids is 1. The van der Waals surface area contributed by atoms with Gasteiger partial charge >= 0.3 is 6.03 Å². The van der Waals surface area contributed by atoms with Crippen LogP contribution in [0.25, 0.3) is 11.1 Å². The van der Waals surface area contributed by atoms with Crippen molar-refractivity contribution < 1.29 is 17.8 Å². The van der Waals surface area contributed by atoms with Crippen LogP contribution in [0.5, 0.6) is 0 Å². The Kier molecular flexibility index (Phi) is 5.25. The third-order valence-corrected chi connectivity index (χ3v) is 4.82. The van der Waals surface area contributed by atoms with E-state index in [1.807, 2.05) is 13.0 Å². The largest absolute Gasteiger partial charge is 0.323 e. The SMILES string of the molecule is Cc1ccc(S(=O)(=O)O)c(-c2ccccc2NC(=O)Nc2ccccc2)c1. The Morgan fingerprint density at radius 2 is 1.52 bits per heavy atom. The number of para-hydroxylation sites is 2. The molecular formula is C20H18N2O4S. The van der Waals surface area contributed by atoms with Crippen molar-refractivity contribution in [2.45, 2.75) is 11.8 Å². The van der Waals surface area contributed by atoms with Gasteiger partial charge in [0, 0.05) is 16.8 Å². The summed E-state index contributed by atoms with van der Waals surface area (Å²) in [6.45, 7) is 1.81. The van der Waals surface area contributed by atoms with E-state index in [0.717, 1.165) is 5.56 Å². The lowest BCUT2D eigenvalue weighted by Gasteiger charge is -2.15. The lowest BCUT2D eigenvalue weighted by Crippen LogP contribution is -2.19. The molecule has 3 N–H and O–H groups in total. The molecule has 0 fully saturated rings. The molecular weight excluding hydrogens is 364 g/mol. The van der Waals surface area contributed by atoms with Gasteiger partial charge in [0.2, 0.25) is 0 Å². The fraction of sp³-hybridized carbons (Fsp3) is 0.0500. The van der Waals surface area contributed by atoms with Crippen LogP contribution in [0.15, 0.2) is 77.7 Å². The number of urea groups is 1. The van der Waals surface area contributed by atoms with E-state index in [4.69, 9.17) is 0 Å². The molecule has 0 aliphatic carbocycles. The number of rotatable bonds is 4. The molecule has 3 rings (SSSR count). The van der Waals surface area contributed by atoms with Crippen LogP contribution in [0.2, 0.25) is 0 Å². The third-order valence-electron chi connectivity index (χ3n) is 3.91. The normalized spacial score (nSPS) is 11.0. The fourth-order valence-corrected chi connectivity index (χ4v) is 3.40. The molecule has 0 saturated carbocycles. The molecule has 2 amide bonds. The van der Waals surface area contributed by atoms with Gasteiger partial charge < -0.3 is 10.6 Å². The molecule has 27 heavy (non-hydrogen) atoms. The van der Waals surface area contributed by atoms with Gasteiger partial charge in [-0.15, -0.1) is 0 Å². The molecule has 0 bridgehead atoms. The first-order chi connectivity index (χ1) is 12.8. The molecule has 0 aliphatic rings. The Morgan fingerprint density at radius 1 is 0.852 bits per heavy atom. The molecule has 3 aromatic rings. The summed E-state index contributed by atoms with van der Waals surface area (Å²) >= 11 is 0. The third kappa shape index (κ3) is 4.52. The highest BCUT2D eigenvalue weighted by atomic mass is 32.2. The maximum Gasteiger partial charge on any atom is 0.323 e. The lowest BCUT2D eigenvalue weighted by molar-refractivity contribution is 0.262. The smallest absolute Gasteiger partial charge is 0.308 e. The van der Waals surface area contributed by atoms with Gasteiger partial charge in [0.25, 0.3) is 10.1 Å². The molecule has 0 atom stereocenters. The van der Waals surface area contributed by atoms with Gasteiger partial charge in [0.15, 0.2) is 0 Å². The number of nitrogens with one attached hydrogen (secondary N) is 2. The second-order valence-electron chi connectivity index (χ2n) is 5.97. The highest BCUT2D eigenvalue weighted by molar-refractivity contribution is 7.86. The van der Waals surface area contributed by atoms with E-state index in [1.165, 1.54) is 6.07 Å². The van der Waals surface area contributed by atoms with E-state index in [0.29, 0.717) is 22.5 Å². The molecule has 0 radical (unpaired) electrons. The Labute approximate surface area is 157 Å². The van der Waals surface area contributed by atoms with E-state index < -0.39 is 16.1 Å². The first-order valence-corrected chi connectivity index (χ1v) is 9.59. The number of aryl methyl sites for hydroxylation is 1. The topological polar surface area (TPSA) is 95.5 Å². The molecule has 0 aliphatic heterocycles. The Bertz CT molecular complexity index is 1080. The van der Waals surface area contributed by atoms with E-state index in [9.17, 15) is 17.8 Å². The molecule has 7 heteroatoms. The summed E-state index contributed by atoms with van der Waals surface area (Å²) in [5.74, 6) is 0. The fourth-order valence-electron chi connectivity index (χ4n) is 2.71. The zero-order valence-corrected chi connectivity index (χ0v) is 15.3. The van der Waals surface area contributed by atoms with Crippen molar-refractivity contribution in [1.29, 1.82) is 0 Å². The summed E-state index contributed by atoms with van der Waals surface area (Å²) in [6, 6.07) is 19.9. The number of benzene rings is 3. The first-order valence-electron chi connectivity index (χ1n) is 8.15. The van der Waals surface area contributed by atoms with Gasteiger partial charge in [-0.2, -0.15) is 8.42 Å². The van der Waals surface area contributed by atoms with Gasteiger partial charge in [0.1, 0.15) is 4.90 Å². The maximum absolute atomic E-state index is 12.3. The van der Waals surface area contributed by atoms with Crippen molar-refractivity contribution in [3.63, 3.8) is 0 Å². The first kappa shape index (κ1) is 18.6. The standard InChI is InChI=1S/C20H18N2O4S/c1-14-11-12-19(27(24,25)26)17(13-14)16-9-5-6-10-18(16)22-20(23)21-15-7-3-2-4-8-15/h2-13H,1H3,(H2,21,22,23)(H,24,25,26). The Balaban J connectivity index is 1.98. The van der Waals surface area contributed by atoms with Crippen LogP contribution in [0, 0.1) is 6.92 Å². The predicted molar refractivity (Wildman–Crippen MR) is 106 cm³/mol. The van der Waals surface area contributed by atoms with Gasteiger partial charge in [-0.3, -0.25) is 4.55 Å². The Morgan fingerprint density at radius 3 is 2.22 bits per heavy atom. The van der Waals surface area contributed by atoms with Crippen molar-refractivity contribution in [2.24, 2.45) is 0 Å². The highest BCUT2D eigenvalue weighted by Gasteiger charge is 2.19. The predicted octanol–water partition coefficient (Wildman–Crippen LogP) is 4.55. The molecule has 0 unspecified atom stereocenters. The van der Waals surface area contributed by atoms with Crippen LogP contribution in [-0.2, 0) is 10.1 Å². The number of amides is 2. The monoisotopic (exact) mass is 382 g/mol. The van der Waals surface area contributed by atoms with Gasteiger partial charge in [0.05, 0.1) is 5.69 Å². The lowest BCUT2D eigenvalue weighted by atomic mass is 10.0. The molecule has 0 spiro atoms. The molecule has 0 heterocycles. The van der Waals surface area contributed by atoms with Crippen LogP contribution in [0.4, 0.5) is 16.2 Å². The summed E-state index contributed by atoms with van der Waals surface area (Å²) in [5, 5.41) is 5.44. The summed E-state index contributed by atoms with van der Waals surface area (Å²) < 4.78 is 33.1. The molecule has 3 aromatic carbocycles. The Hall–Kier alpha value is -3.16. The molecule has 6 nitrogen and oxygen atoms in total. The summed E-state index contributed by atoms with van der Waals surface area (Å²) in [7, 11) is -4.42. The maximum atomic E-state index is 12.3. The van der Waals surface area contributed by atoms with Crippen LogP contribution < -0.4 is 10.6 Å². The zero-order chi connectivity index (χ0) is 19.4. The van der Waals surface area contributed by atoms with E-state index in [2.05, 4.69) is 10.6 Å². The van der Waals surface area contributed by atoms with Crippen LogP contribution in [-0.4, -0.2) is 19.0 Å². The molecule has 0 aromatic heterocycles. The van der Waals surface area contributed by atoms with Crippen molar-refractivity contribution in [3.05, 3.63) is 78.4 Å². The van der Waals surface area contributed by atoms with Crippen LogP contribution in [0.1, 0.15) is 5.56 Å². The zero-order valence-electron chi connectivity index (χ0n) is 14.5. The summed E-state index contributed by atoms with van der Waals surface area (Å²) in [4.78, 5) is 12.1. The number of anilines is 2. The summed E-state index contributed by atoms with van der Waals surface area (Å²) in [5.41, 5.74) is 2.66. The second kappa shape index (κ2) is 7.61. The van der Waals surface area contributed by atoms with Crippen molar-refractivity contribution in [3.8, 4) is 11.1 Å². The number of carbonyl (C=O) groups is 1. The summed E-state index contributed by atoms with van der Waals surface area (Å²) in [6.07, 6.45) is 0. The van der Waals surface area contributed by atoms with E-state index >= 15 is 0 Å². The van der Waals surface area contributed by atoms with Crippen LogP contribution >= 0.6 is 0 Å². The second-order valence-corrected chi connectivity index (χ2v) is 7.36. The number of hydrogen-bond donors (Lipinski definition) is 3. The van der Waals surface area contributed by atoms with E-state index in [1.54, 1.807) is 60.7 Å². The number of hydrogen-bond acceptors (Lipinski definition) is 3.